The minimum absolute atomic E-state index is 0.165. The van der Waals surface area contributed by atoms with Crippen LogP contribution in [0.5, 0.6) is 11.5 Å². The molecule has 1 aromatic rings. The van der Waals surface area contributed by atoms with Gasteiger partial charge in [-0.3, -0.25) is 20.2 Å². The zero-order chi connectivity index (χ0) is 15.7. The molecule has 12 heteroatoms. The molecule has 0 saturated carbocycles. The molecule has 0 spiro atoms. The van der Waals surface area contributed by atoms with E-state index in [-0.39, 0.29) is 12.1 Å². The third kappa shape index (κ3) is 3.02. The van der Waals surface area contributed by atoms with Crippen LogP contribution in [0.2, 0.25) is 0 Å². The second-order valence-corrected chi connectivity index (χ2v) is 3.29. The average Bonchev–Trinajstić information content (AvgIpc) is 2.29. The fraction of sp³-hybridized carbons (Fsp3) is 0.250. The van der Waals surface area contributed by atoms with E-state index in [0.717, 1.165) is 0 Å². The summed E-state index contributed by atoms with van der Waals surface area (Å²) in [7, 11) is 0. The van der Waals surface area contributed by atoms with Crippen LogP contribution in [0.25, 0.3) is 0 Å². The Morgan fingerprint density at radius 1 is 1.15 bits per heavy atom. The largest absolute Gasteiger partial charge is 0.497 e. The predicted molar refractivity (Wildman–Crippen MR) is 53.0 cm³/mol. The molecule has 8 nitrogen and oxygen atoms in total. The molecule has 1 rings (SSSR count). The van der Waals surface area contributed by atoms with Gasteiger partial charge in [0.15, 0.2) is 0 Å². The number of rotatable bonds is 5. The number of alkyl halides is 4. The summed E-state index contributed by atoms with van der Waals surface area (Å²) in [5, 5.41) is 30.1. The van der Waals surface area contributed by atoms with Gasteiger partial charge in [0.25, 0.3) is 5.75 Å². The molecule has 0 atom stereocenters. The molecule has 0 amide bonds. The van der Waals surface area contributed by atoms with Crippen LogP contribution in [0, 0.1) is 20.2 Å². The van der Waals surface area contributed by atoms with Gasteiger partial charge in [0.2, 0.25) is 0 Å². The lowest BCUT2D eigenvalue weighted by atomic mass is 10.2. The first kappa shape index (κ1) is 15.4. The van der Waals surface area contributed by atoms with Crippen molar-refractivity contribution in [2.45, 2.75) is 12.5 Å². The van der Waals surface area contributed by atoms with Gasteiger partial charge in [0.1, 0.15) is 5.75 Å². The number of hydrogen-bond donors (Lipinski definition) is 1. The molecule has 0 radical (unpaired) electrons. The van der Waals surface area contributed by atoms with E-state index in [0.29, 0.717) is 0 Å². The molecule has 0 saturated heterocycles. The highest BCUT2D eigenvalue weighted by Crippen LogP contribution is 2.41. The number of ether oxygens (including phenoxy) is 1. The zero-order valence-corrected chi connectivity index (χ0v) is 9.13. The third-order valence-corrected chi connectivity index (χ3v) is 1.94. The smallest absolute Gasteiger partial charge is 0.461 e. The van der Waals surface area contributed by atoms with Gasteiger partial charge in [-0.05, 0) is 0 Å². The number of halogens is 4. The maximum Gasteiger partial charge on any atom is 0.461 e. The van der Waals surface area contributed by atoms with E-state index in [1.807, 2.05) is 0 Å². The maximum absolute atomic E-state index is 12.6. The minimum Gasteiger partial charge on any atom is -0.497 e. The molecule has 1 aromatic carbocycles. The number of nitro groups is 2. The Balaban J connectivity index is 3.35. The van der Waals surface area contributed by atoms with Crippen LogP contribution in [-0.4, -0.2) is 27.5 Å². The Hall–Kier alpha value is -2.66. The number of hydrogen-bond acceptors (Lipinski definition) is 6. The molecule has 0 aliphatic heterocycles. The van der Waals surface area contributed by atoms with Gasteiger partial charge in [-0.1, -0.05) is 0 Å². The van der Waals surface area contributed by atoms with E-state index in [1.54, 1.807) is 0 Å². The second kappa shape index (κ2) is 5.14. The van der Waals surface area contributed by atoms with Crippen molar-refractivity contribution in [3.63, 3.8) is 0 Å². The molecule has 1 N–H and O–H groups in total. The van der Waals surface area contributed by atoms with Crippen molar-refractivity contribution in [2.24, 2.45) is 0 Å². The molecule has 0 fully saturated rings. The summed E-state index contributed by atoms with van der Waals surface area (Å²) >= 11 is 0. The lowest BCUT2D eigenvalue weighted by molar-refractivity contribution is -0.396. The number of nitro benzene ring substituents is 2. The summed E-state index contributed by atoms with van der Waals surface area (Å²) in [5.41, 5.74) is -2.67. The molecule has 0 heterocycles. The Labute approximate surface area is 106 Å². The molecule has 0 aliphatic rings. The zero-order valence-electron chi connectivity index (χ0n) is 9.13. The van der Waals surface area contributed by atoms with Gasteiger partial charge < -0.3 is 9.84 Å². The predicted octanol–water partition coefficient (Wildman–Crippen LogP) is 2.45. The molecule has 0 bridgehead atoms. The first-order valence-electron chi connectivity index (χ1n) is 4.57. The van der Waals surface area contributed by atoms with E-state index >= 15 is 0 Å². The van der Waals surface area contributed by atoms with E-state index < -0.39 is 45.3 Å². The fourth-order valence-corrected chi connectivity index (χ4v) is 1.12. The van der Waals surface area contributed by atoms with Crippen LogP contribution in [0.4, 0.5) is 28.9 Å². The van der Waals surface area contributed by atoms with E-state index in [4.69, 9.17) is 0 Å². The monoisotopic (exact) mass is 300 g/mol. The summed E-state index contributed by atoms with van der Waals surface area (Å²) in [6, 6.07) is 0.331. The average molecular weight is 300 g/mol. The molecular formula is C8H4F4N2O6. The van der Waals surface area contributed by atoms with Crippen molar-refractivity contribution in [2.75, 3.05) is 0 Å². The Kier molecular flexibility index (Phi) is 3.96. The van der Waals surface area contributed by atoms with Gasteiger partial charge in [-0.15, -0.1) is 0 Å². The van der Waals surface area contributed by atoms with Crippen LogP contribution in [-0.2, 0) is 0 Å². The van der Waals surface area contributed by atoms with Gasteiger partial charge in [0.05, 0.1) is 22.0 Å². The van der Waals surface area contributed by atoms with Crippen LogP contribution in [0.15, 0.2) is 12.1 Å². The first-order chi connectivity index (χ1) is 9.06. The Bertz CT molecular complexity index is 529. The highest BCUT2D eigenvalue weighted by molar-refractivity contribution is 5.62. The van der Waals surface area contributed by atoms with Crippen LogP contribution >= 0.6 is 0 Å². The molecule has 0 aromatic heterocycles. The van der Waals surface area contributed by atoms with Crippen molar-refractivity contribution in [3.05, 3.63) is 32.4 Å². The van der Waals surface area contributed by atoms with Crippen LogP contribution in [0.3, 0.4) is 0 Å². The van der Waals surface area contributed by atoms with Crippen molar-refractivity contribution in [1.29, 1.82) is 0 Å². The molecule has 0 aliphatic carbocycles. The Morgan fingerprint density at radius 2 is 1.55 bits per heavy atom. The summed E-state index contributed by atoms with van der Waals surface area (Å²) in [4.78, 5) is 18.3. The standard InChI is InChI=1S/C8H4F4N2O6/c9-7(10)8(11,12)20-3-1-4(13(16)17)6(15)5(2-3)14(18)19/h1-2,7,15H. The van der Waals surface area contributed by atoms with E-state index in [9.17, 15) is 42.9 Å². The number of benzene rings is 1. The summed E-state index contributed by atoms with van der Waals surface area (Å²) in [6.07, 6.45) is -9.26. The lowest BCUT2D eigenvalue weighted by Gasteiger charge is -2.16. The number of nitrogens with zero attached hydrogens (tertiary/aromatic N) is 2. The maximum atomic E-state index is 12.6. The minimum atomic E-state index is -5.00. The first-order valence-corrected chi connectivity index (χ1v) is 4.57. The van der Waals surface area contributed by atoms with Crippen molar-refractivity contribution >= 4 is 11.4 Å². The fourth-order valence-electron chi connectivity index (χ4n) is 1.12. The molecule has 0 unspecified atom stereocenters. The quantitative estimate of drug-likeness (QED) is 0.507. The Morgan fingerprint density at radius 3 is 1.85 bits per heavy atom. The number of aromatic hydroxyl groups is 1. The summed E-state index contributed by atoms with van der Waals surface area (Å²) in [6.45, 7) is 0. The van der Waals surface area contributed by atoms with Crippen molar-refractivity contribution in [3.8, 4) is 11.5 Å². The molecule has 110 valence electrons. The van der Waals surface area contributed by atoms with Crippen LogP contribution in [0.1, 0.15) is 0 Å². The van der Waals surface area contributed by atoms with Crippen molar-refractivity contribution < 1.29 is 37.3 Å². The normalized spacial score (nSPS) is 11.4. The summed E-state index contributed by atoms with van der Waals surface area (Å²) in [5.74, 6) is -2.67. The lowest BCUT2D eigenvalue weighted by Crippen LogP contribution is -2.33. The van der Waals surface area contributed by atoms with Gasteiger partial charge in [-0.2, -0.15) is 17.6 Å². The van der Waals surface area contributed by atoms with Gasteiger partial charge >= 0.3 is 23.9 Å². The van der Waals surface area contributed by atoms with E-state index in [1.165, 1.54) is 0 Å². The van der Waals surface area contributed by atoms with E-state index in [2.05, 4.69) is 4.74 Å². The SMILES string of the molecule is O=[N+]([O-])c1cc(OC(F)(F)C(F)F)cc([N+](=O)[O-])c1O. The summed E-state index contributed by atoms with van der Waals surface area (Å²) < 4.78 is 52.6. The molecular weight excluding hydrogens is 296 g/mol. The highest BCUT2D eigenvalue weighted by atomic mass is 19.3. The second-order valence-electron chi connectivity index (χ2n) is 3.29. The third-order valence-electron chi connectivity index (χ3n) is 1.94. The van der Waals surface area contributed by atoms with Crippen LogP contribution < -0.4 is 4.74 Å². The van der Waals surface area contributed by atoms with Gasteiger partial charge in [0, 0.05) is 0 Å². The van der Waals surface area contributed by atoms with Crippen molar-refractivity contribution in [1.82, 2.24) is 0 Å². The highest BCUT2D eigenvalue weighted by Gasteiger charge is 2.44. The van der Waals surface area contributed by atoms with Gasteiger partial charge in [-0.25, -0.2) is 0 Å². The number of phenolic OH excluding ortho intramolecular Hbond substituents is 1. The molecule has 20 heavy (non-hydrogen) atoms. The topological polar surface area (TPSA) is 116 Å². The number of phenols is 1.